The van der Waals surface area contributed by atoms with Gasteiger partial charge in [0.25, 0.3) is 0 Å². The van der Waals surface area contributed by atoms with Crippen LogP contribution in [0.5, 0.6) is 0 Å². The van der Waals surface area contributed by atoms with E-state index in [9.17, 15) is 4.79 Å². The van der Waals surface area contributed by atoms with E-state index in [1.165, 1.54) is 0 Å². The van der Waals surface area contributed by atoms with Gasteiger partial charge in [0.15, 0.2) is 0 Å². The van der Waals surface area contributed by atoms with Gasteiger partial charge in [0.2, 0.25) is 0 Å². The molecular formula is C10H22N2O2. The highest BCUT2D eigenvalue weighted by Gasteiger charge is 2.01. The summed E-state index contributed by atoms with van der Waals surface area (Å²) >= 11 is 0. The molecule has 4 nitrogen and oxygen atoms in total. The number of ether oxygens (including phenoxy) is 1. The molecule has 0 aromatic carbocycles. The maximum Gasteiger partial charge on any atom is 0.407 e. The van der Waals surface area contributed by atoms with Crippen LogP contribution < -0.4 is 10.6 Å². The number of amides is 1. The Bertz CT molecular complexity index is 149. The summed E-state index contributed by atoms with van der Waals surface area (Å²) in [6.07, 6.45) is 0.554. The molecular weight excluding hydrogens is 180 g/mol. The molecule has 0 fully saturated rings. The van der Waals surface area contributed by atoms with Crippen molar-refractivity contribution in [1.82, 2.24) is 10.6 Å². The smallest absolute Gasteiger partial charge is 0.407 e. The Morgan fingerprint density at radius 3 is 2.71 bits per heavy atom. The number of alkyl carbamates (subject to hydrolysis) is 1. The van der Waals surface area contributed by atoms with E-state index >= 15 is 0 Å². The minimum Gasteiger partial charge on any atom is -0.450 e. The second-order valence-corrected chi connectivity index (χ2v) is 3.62. The van der Waals surface area contributed by atoms with E-state index in [4.69, 9.17) is 4.74 Å². The highest BCUT2D eigenvalue weighted by Crippen LogP contribution is 1.88. The topological polar surface area (TPSA) is 50.4 Å². The van der Waals surface area contributed by atoms with Crippen molar-refractivity contribution >= 4 is 6.09 Å². The molecule has 14 heavy (non-hydrogen) atoms. The van der Waals surface area contributed by atoms with Crippen molar-refractivity contribution in [3.05, 3.63) is 0 Å². The Morgan fingerprint density at radius 2 is 2.14 bits per heavy atom. The molecule has 0 aliphatic heterocycles. The van der Waals surface area contributed by atoms with Crippen LogP contribution in [0.15, 0.2) is 0 Å². The second-order valence-electron chi connectivity index (χ2n) is 3.62. The van der Waals surface area contributed by atoms with Gasteiger partial charge in [-0.05, 0) is 25.4 Å². The molecule has 0 unspecified atom stereocenters. The van der Waals surface area contributed by atoms with Crippen molar-refractivity contribution < 1.29 is 9.53 Å². The first-order valence-corrected chi connectivity index (χ1v) is 5.28. The Balaban J connectivity index is 3.18. The van der Waals surface area contributed by atoms with E-state index in [1.807, 2.05) is 13.8 Å². The highest BCUT2D eigenvalue weighted by molar-refractivity contribution is 5.66. The lowest BCUT2D eigenvalue weighted by Gasteiger charge is -2.08. The Hall–Kier alpha value is -0.770. The van der Waals surface area contributed by atoms with E-state index < -0.39 is 0 Å². The van der Waals surface area contributed by atoms with E-state index in [0.29, 0.717) is 19.1 Å². The molecule has 0 atom stereocenters. The molecule has 0 aliphatic rings. The molecule has 0 saturated heterocycles. The molecule has 0 heterocycles. The van der Waals surface area contributed by atoms with E-state index in [-0.39, 0.29) is 6.09 Å². The average Bonchev–Trinajstić information content (AvgIpc) is 2.14. The van der Waals surface area contributed by atoms with Crippen LogP contribution in [-0.4, -0.2) is 32.3 Å². The first-order chi connectivity index (χ1) is 6.66. The van der Waals surface area contributed by atoms with Gasteiger partial charge < -0.3 is 15.4 Å². The van der Waals surface area contributed by atoms with Gasteiger partial charge in [0.1, 0.15) is 0 Å². The van der Waals surface area contributed by atoms with Crippen molar-refractivity contribution in [3.8, 4) is 0 Å². The predicted molar refractivity (Wildman–Crippen MR) is 57.3 cm³/mol. The fourth-order valence-electron chi connectivity index (χ4n) is 0.877. The van der Waals surface area contributed by atoms with Crippen LogP contribution in [0.3, 0.4) is 0 Å². The summed E-state index contributed by atoms with van der Waals surface area (Å²) in [4.78, 5) is 11.0. The van der Waals surface area contributed by atoms with E-state index in [1.54, 1.807) is 0 Å². The Labute approximate surface area is 86.4 Å². The van der Waals surface area contributed by atoms with Gasteiger partial charge in [-0.2, -0.15) is 0 Å². The number of rotatable bonds is 7. The summed E-state index contributed by atoms with van der Waals surface area (Å²) < 4.78 is 4.95. The minimum absolute atomic E-state index is 0.310. The van der Waals surface area contributed by atoms with Crippen molar-refractivity contribution in [1.29, 1.82) is 0 Å². The van der Waals surface area contributed by atoms with Gasteiger partial charge in [0.05, 0.1) is 6.61 Å². The lowest BCUT2D eigenvalue weighted by atomic mass is 10.2. The third kappa shape index (κ3) is 9.32. The van der Waals surface area contributed by atoms with Crippen LogP contribution in [0, 0.1) is 5.92 Å². The summed E-state index contributed by atoms with van der Waals surface area (Å²) in [6, 6.07) is 0. The van der Waals surface area contributed by atoms with E-state index in [2.05, 4.69) is 17.6 Å². The number of nitrogens with one attached hydrogen (secondary N) is 2. The molecule has 0 radical (unpaired) electrons. The van der Waals surface area contributed by atoms with Crippen LogP contribution in [0.2, 0.25) is 0 Å². The summed E-state index contributed by atoms with van der Waals surface area (Å²) in [7, 11) is 0. The zero-order valence-corrected chi connectivity index (χ0v) is 9.43. The molecule has 0 saturated carbocycles. The average molecular weight is 202 g/mol. The molecule has 0 aromatic rings. The standard InChI is InChI=1S/C10H22N2O2/c1-4-11-6-5-7-14-10(13)12-8-9(2)3/h9,11H,4-8H2,1-3H3,(H,12,13). The largest absolute Gasteiger partial charge is 0.450 e. The predicted octanol–water partition coefficient (Wildman–Crippen LogP) is 1.37. The quantitative estimate of drug-likeness (QED) is 0.613. The van der Waals surface area contributed by atoms with Crippen LogP contribution >= 0.6 is 0 Å². The fraction of sp³-hybridized carbons (Fsp3) is 0.900. The molecule has 0 aromatic heterocycles. The normalized spacial score (nSPS) is 10.3. The maximum atomic E-state index is 11.0. The number of carbonyl (C=O) groups is 1. The fourth-order valence-corrected chi connectivity index (χ4v) is 0.877. The summed E-state index contributed by atoms with van der Waals surface area (Å²) in [5.41, 5.74) is 0. The van der Waals surface area contributed by atoms with Gasteiger partial charge in [-0.1, -0.05) is 20.8 Å². The lowest BCUT2D eigenvalue weighted by Crippen LogP contribution is -2.28. The van der Waals surface area contributed by atoms with Gasteiger partial charge in [-0.15, -0.1) is 0 Å². The van der Waals surface area contributed by atoms with Crippen molar-refractivity contribution in [2.45, 2.75) is 27.2 Å². The van der Waals surface area contributed by atoms with Crippen LogP contribution in [0.4, 0.5) is 4.79 Å². The van der Waals surface area contributed by atoms with Crippen molar-refractivity contribution in [2.24, 2.45) is 5.92 Å². The third-order valence-corrected chi connectivity index (χ3v) is 1.64. The van der Waals surface area contributed by atoms with Crippen LogP contribution in [0.25, 0.3) is 0 Å². The molecule has 0 aliphatic carbocycles. The zero-order chi connectivity index (χ0) is 10.8. The third-order valence-electron chi connectivity index (χ3n) is 1.64. The van der Waals surface area contributed by atoms with Gasteiger partial charge in [0, 0.05) is 6.54 Å². The van der Waals surface area contributed by atoms with Crippen LogP contribution in [0.1, 0.15) is 27.2 Å². The minimum atomic E-state index is -0.310. The molecule has 0 spiro atoms. The first kappa shape index (κ1) is 13.2. The first-order valence-electron chi connectivity index (χ1n) is 5.28. The van der Waals surface area contributed by atoms with Gasteiger partial charge >= 0.3 is 6.09 Å². The van der Waals surface area contributed by atoms with Crippen LogP contribution in [-0.2, 0) is 4.74 Å². The molecule has 0 bridgehead atoms. The molecule has 1 amide bonds. The van der Waals surface area contributed by atoms with Gasteiger partial charge in [-0.3, -0.25) is 0 Å². The molecule has 0 rings (SSSR count). The molecule has 84 valence electrons. The van der Waals surface area contributed by atoms with Crippen molar-refractivity contribution in [3.63, 3.8) is 0 Å². The maximum absolute atomic E-state index is 11.0. The lowest BCUT2D eigenvalue weighted by molar-refractivity contribution is 0.143. The van der Waals surface area contributed by atoms with E-state index in [0.717, 1.165) is 19.5 Å². The Kier molecular flexibility index (Phi) is 8.33. The number of carbonyl (C=O) groups excluding carboxylic acids is 1. The highest BCUT2D eigenvalue weighted by atomic mass is 16.5. The number of hydrogen-bond donors (Lipinski definition) is 2. The monoisotopic (exact) mass is 202 g/mol. The molecule has 2 N–H and O–H groups in total. The summed E-state index contributed by atoms with van der Waals surface area (Å²) in [6.45, 7) is 9.16. The summed E-state index contributed by atoms with van der Waals surface area (Å²) in [5, 5.41) is 5.85. The van der Waals surface area contributed by atoms with Gasteiger partial charge in [-0.25, -0.2) is 4.79 Å². The summed E-state index contributed by atoms with van der Waals surface area (Å²) in [5.74, 6) is 0.462. The van der Waals surface area contributed by atoms with Crippen molar-refractivity contribution in [2.75, 3.05) is 26.2 Å². The zero-order valence-electron chi connectivity index (χ0n) is 9.43. The second kappa shape index (κ2) is 8.81. The SMILES string of the molecule is CCNCCCOC(=O)NCC(C)C. The number of hydrogen-bond acceptors (Lipinski definition) is 3. The molecule has 4 heteroatoms. The Morgan fingerprint density at radius 1 is 1.43 bits per heavy atom.